The molecule has 0 aromatic heterocycles. The first-order valence-electron chi connectivity index (χ1n) is 8.65. The van der Waals surface area contributed by atoms with Crippen molar-refractivity contribution in [2.24, 2.45) is 5.92 Å². The van der Waals surface area contributed by atoms with Crippen molar-refractivity contribution in [3.8, 4) is 0 Å². The molecular weight excluding hydrogens is 400 g/mol. The van der Waals surface area contributed by atoms with E-state index in [0.717, 1.165) is 0 Å². The Balaban J connectivity index is 2.29. The van der Waals surface area contributed by atoms with Crippen LogP contribution in [0.2, 0.25) is 0 Å². The van der Waals surface area contributed by atoms with Crippen LogP contribution in [0.3, 0.4) is 0 Å². The van der Waals surface area contributed by atoms with Crippen LogP contribution in [0.15, 0.2) is 60.7 Å². The fourth-order valence-corrected chi connectivity index (χ4v) is 2.79. The van der Waals surface area contributed by atoms with Crippen molar-refractivity contribution in [2.75, 3.05) is 0 Å². The summed E-state index contributed by atoms with van der Waals surface area (Å²) in [6, 6.07) is 12.2. The fourth-order valence-electron chi connectivity index (χ4n) is 2.79. The summed E-state index contributed by atoms with van der Waals surface area (Å²) in [5, 5.41) is 2.17. The Hall–Kier alpha value is -2.55. The van der Waals surface area contributed by atoms with Crippen molar-refractivity contribution in [2.45, 2.75) is 38.0 Å². The van der Waals surface area contributed by atoms with Gasteiger partial charge >= 0.3 is 18.3 Å². The van der Waals surface area contributed by atoms with E-state index in [1.807, 2.05) is 0 Å². The minimum atomic E-state index is -5.70. The Labute approximate surface area is 163 Å². The minimum absolute atomic E-state index is 0.427. The largest absolute Gasteiger partial charge is 0.460 e. The van der Waals surface area contributed by atoms with Gasteiger partial charge in [0, 0.05) is 6.04 Å². The molecule has 2 rings (SSSR count). The molecule has 9 heteroatoms. The zero-order chi connectivity index (χ0) is 21.7. The van der Waals surface area contributed by atoms with Crippen LogP contribution in [0, 0.1) is 5.92 Å². The highest BCUT2D eigenvalue weighted by molar-refractivity contribution is 5.76. The molecule has 0 aliphatic carbocycles. The summed E-state index contributed by atoms with van der Waals surface area (Å²) >= 11 is 0. The molecule has 0 saturated heterocycles. The molecular formula is C20H19F6NO2. The lowest BCUT2D eigenvalue weighted by atomic mass is 9.96. The molecule has 29 heavy (non-hydrogen) atoms. The molecule has 158 valence electrons. The number of esters is 1. The fraction of sp³-hybridized carbons (Fsp3) is 0.350. The van der Waals surface area contributed by atoms with Crippen LogP contribution in [0.5, 0.6) is 0 Å². The van der Waals surface area contributed by atoms with Crippen molar-refractivity contribution < 1.29 is 35.9 Å². The van der Waals surface area contributed by atoms with Gasteiger partial charge in [-0.15, -0.1) is 0 Å². The van der Waals surface area contributed by atoms with E-state index in [2.05, 4.69) is 5.32 Å². The molecule has 0 aliphatic rings. The second-order valence-corrected chi connectivity index (χ2v) is 6.43. The van der Waals surface area contributed by atoms with Crippen molar-refractivity contribution >= 4 is 5.97 Å². The zero-order valence-corrected chi connectivity index (χ0v) is 15.3. The highest BCUT2D eigenvalue weighted by Gasteiger charge is 2.62. The van der Waals surface area contributed by atoms with Gasteiger partial charge in [-0.05, 0) is 18.1 Å². The van der Waals surface area contributed by atoms with E-state index < -0.39 is 42.9 Å². The average molecular weight is 419 g/mol. The van der Waals surface area contributed by atoms with Gasteiger partial charge in [0.25, 0.3) is 0 Å². The molecule has 2 atom stereocenters. The number of nitrogens with one attached hydrogen (secondary N) is 1. The van der Waals surface area contributed by atoms with Gasteiger partial charge in [0.1, 0.15) is 12.6 Å². The van der Waals surface area contributed by atoms with Gasteiger partial charge in [0.15, 0.2) is 5.92 Å². The number of hydrogen-bond acceptors (Lipinski definition) is 3. The van der Waals surface area contributed by atoms with Crippen LogP contribution in [-0.2, 0) is 16.1 Å². The quantitative estimate of drug-likeness (QED) is 0.496. The molecule has 0 aliphatic heterocycles. The normalized spacial score (nSPS) is 14.5. The zero-order valence-electron chi connectivity index (χ0n) is 15.3. The third kappa shape index (κ3) is 6.49. The van der Waals surface area contributed by atoms with Gasteiger partial charge < -0.3 is 4.74 Å². The molecule has 0 spiro atoms. The Morgan fingerprint density at radius 3 is 1.86 bits per heavy atom. The highest BCUT2D eigenvalue weighted by Crippen LogP contribution is 2.42. The monoisotopic (exact) mass is 419 g/mol. The molecule has 0 heterocycles. The number of rotatable bonds is 7. The van der Waals surface area contributed by atoms with Crippen molar-refractivity contribution in [3.05, 3.63) is 71.8 Å². The number of carbonyl (C=O) groups excluding carboxylic acids is 1. The van der Waals surface area contributed by atoms with Gasteiger partial charge in [-0.3, -0.25) is 10.1 Å². The first-order valence-corrected chi connectivity index (χ1v) is 8.65. The number of carbonyl (C=O) groups is 1. The maximum absolute atomic E-state index is 13.3. The molecule has 2 aromatic rings. The van der Waals surface area contributed by atoms with E-state index in [4.69, 9.17) is 4.74 Å². The summed E-state index contributed by atoms with van der Waals surface area (Å²) in [7, 11) is 0. The lowest BCUT2D eigenvalue weighted by Crippen LogP contribution is -2.55. The average Bonchev–Trinajstić information content (AvgIpc) is 2.65. The van der Waals surface area contributed by atoms with Gasteiger partial charge in [-0.25, -0.2) is 0 Å². The Morgan fingerprint density at radius 2 is 1.38 bits per heavy atom. The van der Waals surface area contributed by atoms with Crippen LogP contribution in [0.1, 0.15) is 24.1 Å². The predicted octanol–water partition coefficient (Wildman–Crippen LogP) is 5.19. The summed E-state index contributed by atoms with van der Waals surface area (Å²) in [6.07, 6.45) is -11.4. The first kappa shape index (κ1) is 22.7. The van der Waals surface area contributed by atoms with E-state index in [0.29, 0.717) is 11.1 Å². The molecule has 2 aromatic carbocycles. The second-order valence-electron chi connectivity index (χ2n) is 6.43. The summed E-state index contributed by atoms with van der Waals surface area (Å²) in [6.45, 7) is 0.927. The van der Waals surface area contributed by atoms with Crippen LogP contribution < -0.4 is 5.32 Å². The summed E-state index contributed by atoms with van der Waals surface area (Å²) in [5.41, 5.74) is 0.864. The van der Waals surface area contributed by atoms with E-state index >= 15 is 0 Å². The van der Waals surface area contributed by atoms with Gasteiger partial charge in [0.05, 0.1) is 0 Å². The Kier molecular flexibility index (Phi) is 7.29. The number of alkyl halides is 6. The van der Waals surface area contributed by atoms with E-state index in [-0.39, 0.29) is 0 Å². The summed E-state index contributed by atoms with van der Waals surface area (Å²) < 4.78 is 84.4. The standard InChI is InChI=1S/C20H19F6NO2/c1-13(15-10-6-3-7-11-15)27-16(17(19(21,22)23)20(24,25)26)18(28)29-12-14-8-4-2-5-9-14/h2-11,13,16-17,27H,12H2,1H3/t13-,16-/m0/s1. The van der Waals surface area contributed by atoms with Crippen molar-refractivity contribution in [1.29, 1.82) is 0 Å². The number of benzene rings is 2. The summed E-state index contributed by atoms with van der Waals surface area (Å²) in [5.74, 6) is -5.54. The van der Waals surface area contributed by atoms with E-state index in [9.17, 15) is 31.1 Å². The van der Waals surface area contributed by atoms with Gasteiger partial charge in [-0.2, -0.15) is 26.3 Å². The molecule has 0 fully saturated rings. The van der Waals surface area contributed by atoms with Gasteiger partial charge in [0.2, 0.25) is 0 Å². The first-order chi connectivity index (χ1) is 13.5. The topological polar surface area (TPSA) is 38.3 Å². The van der Waals surface area contributed by atoms with Crippen LogP contribution in [0.4, 0.5) is 26.3 Å². The maximum Gasteiger partial charge on any atom is 0.402 e. The van der Waals surface area contributed by atoms with Crippen LogP contribution in [0.25, 0.3) is 0 Å². The molecule has 0 radical (unpaired) electrons. The lowest BCUT2D eigenvalue weighted by molar-refractivity contribution is -0.292. The van der Waals surface area contributed by atoms with Crippen LogP contribution in [-0.4, -0.2) is 24.4 Å². The molecule has 0 unspecified atom stereocenters. The number of ether oxygens (including phenoxy) is 1. The molecule has 0 bridgehead atoms. The molecule has 3 nitrogen and oxygen atoms in total. The molecule has 0 saturated carbocycles. The van der Waals surface area contributed by atoms with E-state index in [1.165, 1.54) is 31.2 Å². The smallest absolute Gasteiger partial charge is 0.402 e. The SMILES string of the molecule is C[C@H](N[C@H](C(=O)OCc1ccccc1)C(C(F)(F)F)C(F)(F)F)c1ccccc1. The molecule has 1 N–H and O–H groups in total. The Bertz CT molecular complexity index is 763. The second kappa shape index (κ2) is 9.30. The maximum atomic E-state index is 13.3. The molecule has 0 amide bonds. The summed E-state index contributed by atoms with van der Waals surface area (Å²) in [4.78, 5) is 12.3. The highest BCUT2D eigenvalue weighted by atomic mass is 19.4. The Morgan fingerprint density at radius 1 is 0.897 bits per heavy atom. The lowest BCUT2D eigenvalue weighted by Gasteiger charge is -2.32. The van der Waals surface area contributed by atoms with Gasteiger partial charge in [-0.1, -0.05) is 60.7 Å². The number of hydrogen-bond donors (Lipinski definition) is 1. The van der Waals surface area contributed by atoms with E-state index in [1.54, 1.807) is 36.4 Å². The minimum Gasteiger partial charge on any atom is -0.460 e. The van der Waals surface area contributed by atoms with Crippen molar-refractivity contribution in [1.82, 2.24) is 5.32 Å². The third-order valence-electron chi connectivity index (χ3n) is 4.25. The van der Waals surface area contributed by atoms with Crippen LogP contribution >= 0.6 is 0 Å². The number of halogens is 6. The van der Waals surface area contributed by atoms with Crippen molar-refractivity contribution in [3.63, 3.8) is 0 Å². The third-order valence-corrected chi connectivity index (χ3v) is 4.25. The predicted molar refractivity (Wildman–Crippen MR) is 93.6 cm³/mol.